The molecule has 354 valence electrons. The normalized spacial score (nSPS) is 11.9. The summed E-state index contributed by atoms with van der Waals surface area (Å²) in [4.78, 5) is 15.5. The van der Waals surface area contributed by atoms with Crippen LogP contribution in [0.5, 0.6) is 0 Å². The van der Waals surface area contributed by atoms with Gasteiger partial charge in [-0.25, -0.2) is 15.0 Å². The highest BCUT2D eigenvalue weighted by molar-refractivity contribution is 6.18. The monoisotopic (exact) mass is 972 g/mol. The summed E-state index contributed by atoms with van der Waals surface area (Å²) in [6.07, 6.45) is 0. The van der Waals surface area contributed by atoms with Gasteiger partial charge in [0.15, 0.2) is 17.5 Å². The third kappa shape index (κ3) is 6.59. The lowest BCUT2D eigenvalue weighted by atomic mass is 9.95. The zero-order valence-electron chi connectivity index (χ0n) is 40.6. The lowest BCUT2D eigenvalue weighted by molar-refractivity contribution is 0.668. The number of furan rings is 3. The Bertz CT molecular complexity index is 4990. The zero-order valence-corrected chi connectivity index (χ0v) is 40.6. The topological polar surface area (TPSA) is 83.0 Å². The van der Waals surface area contributed by atoms with E-state index in [2.05, 4.69) is 187 Å². The van der Waals surface area contributed by atoms with Crippen molar-refractivity contribution in [2.75, 3.05) is 0 Å². The summed E-state index contributed by atoms with van der Waals surface area (Å²) in [5.74, 6) is 1.72. The Labute approximate surface area is 434 Å². The molecule has 0 saturated heterocycles. The first-order valence-electron chi connectivity index (χ1n) is 25.5. The molecule has 16 aromatic rings. The van der Waals surface area contributed by atoms with Crippen molar-refractivity contribution in [3.05, 3.63) is 243 Å². The first-order chi connectivity index (χ1) is 37.6. The second-order valence-corrected chi connectivity index (χ2v) is 19.4. The van der Waals surface area contributed by atoms with Crippen LogP contribution in [0.25, 0.3) is 161 Å². The van der Waals surface area contributed by atoms with Crippen molar-refractivity contribution in [3.8, 4) is 73.2 Å². The standard InChI is InChI=1S/C69H40N4O3/c1-3-14-42(15-4-1)67-70-68(43-30-28-41(29-31-43)44-32-35-52-51-19-8-10-25-59(51)75-63(52)40-44)72-69(71-67)54-23-13-26-61-65(54)56-39-45(34-37-60(56)74-61)48-20-12-27-62-64(48)53-22-11-21-49(66(53)76-62)46-33-36-58-55(38-46)50-18-7-9-24-57(50)73(58)47-16-5-2-6-17-47/h1-40H. The SMILES string of the molecule is c1ccc(-c2nc(-c3ccc(-c4ccc5c(c4)oc4ccccc45)cc3)nc(-c3cccc4oc5ccc(-c6cccc7oc8c(-c9ccc%10c(c9)c9ccccc9n%10-c9ccccc9)cccc8c67)cc5c34)n2)cc1. The molecule has 0 bridgehead atoms. The van der Waals surface area contributed by atoms with E-state index >= 15 is 0 Å². The van der Waals surface area contributed by atoms with E-state index in [0.29, 0.717) is 17.5 Å². The van der Waals surface area contributed by atoms with Crippen LogP contribution in [0.15, 0.2) is 256 Å². The van der Waals surface area contributed by atoms with E-state index in [-0.39, 0.29) is 0 Å². The maximum Gasteiger partial charge on any atom is 0.164 e. The van der Waals surface area contributed by atoms with Gasteiger partial charge in [-0.05, 0) is 101 Å². The molecule has 0 fully saturated rings. The molecule has 16 rings (SSSR count). The molecule has 11 aromatic carbocycles. The summed E-state index contributed by atoms with van der Waals surface area (Å²) in [6, 6.07) is 84.4. The van der Waals surface area contributed by atoms with Gasteiger partial charge >= 0.3 is 0 Å². The van der Waals surface area contributed by atoms with Gasteiger partial charge in [0, 0.05) is 71.0 Å². The minimum Gasteiger partial charge on any atom is -0.456 e. The highest BCUT2D eigenvalue weighted by Gasteiger charge is 2.22. The molecule has 0 radical (unpaired) electrons. The number of fused-ring (bicyclic) bond motifs is 12. The van der Waals surface area contributed by atoms with Crippen molar-refractivity contribution in [2.45, 2.75) is 0 Å². The molecule has 0 amide bonds. The van der Waals surface area contributed by atoms with Gasteiger partial charge in [0.25, 0.3) is 0 Å². The molecule has 0 aliphatic heterocycles. The van der Waals surface area contributed by atoms with E-state index in [1.54, 1.807) is 0 Å². The first-order valence-corrected chi connectivity index (χ1v) is 25.5. The van der Waals surface area contributed by atoms with E-state index in [9.17, 15) is 0 Å². The molecule has 0 spiro atoms. The van der Waals surface area contributed by atoms with Crippen molar-refractivity contribution in [3.63, 3.8) is 0 Å². The Kier molecular flexibility index (Phi) is 9.20. The number of hydrogen-bond acceptors (Lipinski definition) is 6. The number of rotatable bonds is 7. The fourth-order valence-corrected chi connectivity index (χ4v) is 11.6. The molecule has 0 aliphatic carbocycles. The van der Waals surface area contributed by atoms with Crippen molar-refractivity contribution >= 4 is 87.6 Å². The molecular formula is C69H40N4O3. The smallest absolute Gasteiger partial charge is 0.164 e. The van der Waals surface area contributed by atoms with Gasteiger partial charge in [0.05, 0.1) is 11.0 Å². The summed E-state index contributed by atoms with van der Waals surface area (Å²) in [5.41, 5.74) is 17.4. The Morgan fingerprint density at radius 3 is 1.63 bits per heavy atom. The molecule has 5 heterocycles. The number of para-hydroxylation sites is 4. The molecule has 0 saturated carbocycles. The molecule has 76 heavy (non-hydrogen) atoms. The van der Waals surface area contributed by atoms with Crippen molar-refractivity contribution in [1.82, 2.24) is 19.5 Å². The van der Waals surface area contributed by atoms with Crippen molar-refractivity contribution in [1.29, 1.82) is 0 Å². The van der Waals surface area contributed by atoms with Gasteiger partial charge in [0.2, 0.25) is 0 Å². The molecule has 0 atom stereocenters. The third-order valence-electron chi connectivity index (χ3n) is 15.1. The lowest BCUT2D eigenvalue weighted by Gasteiger charge is -2.10. The van der Waals surface area contributed by atoms with Crippen LogP contribution in [-0.2, 0) is 0 Å². The molecule has 7 heteroatoms. The van der Waals surface area contributed by atoms with Gasteiger partial charge in [-0.15, -0.1) is 0 Å². The highest BCUT2D eigenvalue weighted by Crippen LogP contribution is 2.45. The Balaban J connectivity index is 0.806. The van der Waals surface area contributed by atoms with Gasteiger partial charge in [0.1, 0.15) is 33.5 Å². The van der Waals surface area contributed by atoms with Crippen molar-refractivity contribution < 1.29 is 13.3 Å². The number of nitrogens with zero attached hydrogens (tertiary/aromatic N) is 4. The van der Waals surface area contributed by atoms with Crippen LogP contribution in [0.3, 0.4) is 0 Å². The summed E-state index contributed by atoms with van der Waals surface area (Å²) in [7, 11) is 0. The fraction of sp³-hybridized carbons (Fsp3) is 0. The maximum absolute atomic E-state index is 6.89. The van der Waals surface area contributed by atoms with Gasteiger partial charge in [-0.3, -0.25) is 0 Å². The van der Waals surface area contributed by atoms with Crippen LogP contribution in [0, 0.1) is 0 Å². The average Bonchev–Trinajstić information content (AvgIpc) is 4.31. The number of hydrogen-bond donors (Lipinski definition) is 0. The molecule has 0 N–H and O–H groups in total. The zero-order chi connectivity index (χ0) is 49.8. The third-order valence-corrected chi connectivity index (χ3v) is 15.1. The second-order valence-electron chi connectivity index (χ2n) is 19.4. The predicted octanol–water partition coefficient (Wildman–Crippen LogP) is 18.7. The predicted molar refractivity (Wildman–Crippen MR) is 309 cm³/mol. The number of aromatic nitrogens is 4. The lowest BCUT2D eigenvalue weighted by Crippen LogP contribution is -2.00. The van der Waals surface area contributed by atoms with E-state index in [1.807, 2.05) is 60.7 Å². The molecule has 5 aromatic heterocycles. The molecule has 0 unspecified atom stereocenters. The quantitative estimate of drug-likeness (QED) is 0.158. The Morgan fingerprint density at radius 2 is 0.789 bits per heavy atom. The largest absolute Gasteiger partial charge is 0.456 e. The van der Waals surface area contributed by atoms with E-state index in [4.69, 9.17) is 28.2 Å². The van der Waals surface area contributed by atoms with Crippen LogP contribution >= 0.6 is 0 Å². The molecule has 0 aliphatic rings. The van der Waals surface area contributed by atoms with Crippen LogP contribution in [0.2, 0.25) is 0 Å². The van der Waals surface area contributed by atoms with Crippen LogP contribution in [0.1, 0.15) is 0 Å². The second kappa shape index (κ2) is 16.6. The summed E-state index contributed by atoms with van der Waals surface area (Å²) in [5, 5.41) is 8.63. The fourth-order valence-electron chi connectivity index (χ4n) is 11.6. The summed E-state index contributed by atoms with van der Waals surface area (Å²) < 4.78 is 22.1. The average molecular weight is 973 g/mol. The minimum atomic E-state index is 0.556. The molecule has 7 nitrogen and oxygen atoms in total. The van der Waals surface area contributed by atoms with Gasteiger partial charge in [-0.2, -0.15) is 0 Å². The first kappa shape index (κ1) is 42.2. The summed E-state index contributed by atoms with van der Waals surface area (Å²) >= 11 is 0. The highest BCUT2D eigenvalue weighted by atomic mass is 16.3. The van der Waals surface area contributed by atoms with E-state index in [0.717, 1.165) is 127 Å². The maximum atomic E-state index is 6.89. The van der Waals surface area contributed by atoms with Gasteiger partial charge < -0.3 is 17.8 Å². The van der Waals surface area contributed by atoms with E-state index < -0.39 is 0 Å². The van der Waals surface area contributed by atoms with Crippen LogP contribution in [0.4, 0.5) is 0 Å². The van der Waals surface area contributed by atoms with Crippen LogP contribution < -0.4 is 0 Å². The number of benzene rings is 11. The van der Waals surface area contributed by atoms with Crippen molar-refractivity contribution in [2.24, 2.45) is 0 Å². The summed E-state index contributed by atoms with van der Waals surface area (Å²) in [6.45, 7) is 0. The minimum absolute atomic E-state index is 0.556. The van der Waals surface area contributed by atoms with E-state index in [1.165, 1.54) is 16.3 Å². The Hall–Kier alpha value is -10.4. The Morgan fingerprint density at radius 1 is 0.263 bits per heavy atom. The molecular weight excluding hydrogens is 933 g/mol. The van der Waals surface area contributed by atoms with Gasteiger partial charge in [-0.1, -0.05) is 170 Å². The van der Waals surface area contributed by atoms with Crippen LogP contribution in [-0.4, -0.2) is 19.5 Å².